The number of anilines is 1. The van der Waals surface area contributed by atoms with Crippen LogP contribution in [0.15, 0.2) is 46.9 Å². The third-order valence-corrected chi connectivity index (χ3v) is 4.00. The zero-order chi connectivity index (χ0) is 13.8. The molecule has 0 aliphatic rings. The average Bonchev–Trinajstić information content (AvgIpc) is 2.34. The van der Waals surface area contributed by atoms with E-state index in [1.54, 1.807) is 12.1 Å². The second-order valence-electron chi connectivity index (χ2n) is 4.51. The first kappa shape index (κ1) is 14.4. The van der Waals surface area contributed by atoms with Gasteiger partial charge in [-0.15, -0.1) is 0 Å². The van der Waals surface area contributed by atoms with Crippen LogP contribution in [0.3, 0.4) is 0 Å². The molecule has 0 fully saturated rings. The highest BCUT2D eigenvalue weighted by molar-refractivity contribution is 9.10. The monoisotopic (exact) mass is 341 g/mol. The summed E-state index contributed by atoms with van der Waals surface area (Å²) in [5, 5.41) is 4.02. The van der Waals surface area contributed by atoms with Crippen LogP contribution in [0.25, 0.3) is 0 Å². The summed E-state index contributed by atoms with van der Waals surface area (Å²) in [6, 6.07) is 12.6. The molecule has 0 amide bonds. The Hall–Kier alpha value is -1.06. The van der Waals surface area contributed by atoms with Crippen LogP contribution in [0.4, 0.5) is 10.1 Å². The molecule has 2 aromatic rings. The van der Waals surface area contributed by atoms with Gasteiger partial charge in [0.15, 0.2) is 0 Å². The first-order valence-electron chi connectivity index (χ1n) is 6.00. The normalized spacial score (nSPS) is 12.2. The third kappa shape index (κ3) is 4.22. The molecule has 1 atom stereocenters. The molecule has 0 saturated carbocycles. The fourth-order valence-corrected chi connectivity index (χ4v) is 2.37. The number of benzene rings is 2. The summed E-state index contributed by atoms with van der Waals surface area (Å²) < 4.78 is 14.0. The molecule has 0 saturated heterocycles. The average molecular weight is 343 g/mol. The van der Waals surface area contributed by atoms with Gasteiger partial charge >= 0.3 is 0 Å². The summed E-state index contributed by atoms with van der Waals surface area (Å²) in [7, 11) is 0. The topological polar surface area (TPSA) is 12.0 Å². The van der Waals surface area contributed by atoms with Crippen molar-refractivity contribution in [1.29, 1.82) is 0 Å². The molecule has 100 valence electrons. The van der Waals surface area contributed by atoms with Gasteiger partial charge in [-0.2, -0.15) is 0 Å². The van der Waals surface area contributed by atoms with Crippen molar-refractivity contribution in [3.8, 4) is 0 Å². The highest BCUT2D eigenvalue weighted by Crippen LogP contribution is 2.26. The first-order chi connectivity index (χ1) is 9.04. The van der Waals surface area contributed by atoms with Crippen LogP contribution >= 0.6 is 27.5 Å². The number of halogens is 3. The largest absolute Gasteiger partial charge is 0.382 e. The smallest absolute Gasteiger partial charge is 0.123 e. The van der Waals surface area contributed by atoms with Crippen molar-refractivity contribution in [2.75, 3.05) is 5.32 Å². The van der Waals surface area contributed by atoms with E-state index >= 15 is 0 Å². The van der Waals surface area contributed by atoms with Gasteiger partial charge in [-0.3, -0.25) is 0 Å². The fraction of sp³-hybridized carbons (Fsp3) is 0.200. The van der Waals surface area contributed by atoms with E-state index < -0.39 is 0 Å². The Morgan fingerprint density at radius 2 is 2.05 bits per heavy atom. The lowest BCUT2D eigenvalue weighted by molar-refractivity contribution is 0.624. The highest BCUT2D eigenvalue weighted by atomic mass is 79.9. The van der Waals surface area contributed by atoms with Gasteiger partial charge in [0.25, 0.3) is 0 Å². The maximum Gasteiger partial charge on any atom is 0.123 e. The lowest BCUT2D eigenvalue weighted by Crippen LogP contribution is -2.18. The Morgan fingerprint density at radius 1 is 1.26 bits per heavy atom. The van der Waals surface area contributed by atoms with Crippen LogP contribution in [0.2, 0.25) is 5.02 Å². The molecule has 1 unspecified atom stereocenters. The Balaban J connectivity index is 2.01. The predicted molar refractivity (Wildman–Crippen MR) is 82.3 cm³/mol. The van der Waals surface area contributed by atoms with Crippen LogP contribution < -0.4 is 5.32 Å². The minimum Gasteiger partial charge on any atom is -0.382 e. The van der Waals surface area contributed by atoms with Gasteiger partial charge in [-0.25, -0.2) is 4.39 Å². The SMILES string of the molecule is CC(Cc1cccc(F)c1)Nc1ccc(Br)c(Cl)c1. The van der Waals surface area contributed by atoms with Crippen molar-refractivity contribution >= 4 is 33.2 Å². The van der Waals surface area contributed by atoms with Gasteiger partial charge in [0.2, 0.25) is 0 Å². The van der Waals surface area contributed by atoms with Gasteiger partial charge < -0.3 is 5.32 Å². The third-order valence-electron chi connectivity index (χ3n) is 2.76. The van der Waals surface area contributed by atoms with Crippen molar-refractivity contribution in [2.45, 2.75) is 19.4 Å². The van der Waals surface area contributed by atoms with Crippen LogP contribution in [-0.2, 0) is 6.42 Å². The minimum atomic E-state index is -0.198. The first-order valence-corrected chi connectivity index (χ1v) is 7.18. The minimum absolute atomic E-state index is 0.194. The molecule has 19 heavy (non-hydrogen) atoms. The number of hydrogen-bond donors (Lipinski definition) is 1. The van der Waals surface area contributed by atoms with E-state index in [0.29, 0.717) is 5.02 Å². The molecule has 0 spiro atoms. The van der Waals surface area contributed by atoms with E-state index in [-0.39, 0.29) is 11.9 Å². The van der Waals surface area contributed by atoms with Crippen molar-refractivity contribution in [3.05, 3.63) is 63.3 Å². The van der Waals surface area contributed by atoms with Gasteiger partial charge in [-0.1, -0.05) is 23.7 Å². The Labute approximate surface area is 125 Å². The van der Waals surface area contributed by atoms with Crippen molar-refractivity contribution in [2.24, 2.45) is 0 Å². The zero-order valence-corrected chi connectivity index (χ0v) is 12.8. The molecule has 2 aromatic carbocycles. The lowest BCUT2D eigenvalue weighted by atomic mass is 10.1. The maximum absolute atomic E-state index is 13.1. The summed E-state index contributed by atoms with van der Waals surface area (Å²) >= 11 is 9.40. The molecular formula is C15H14BrClFN. The molecule has 0 aliphatic heterocycles. The van der Waals surface area contributed by atoms with Gasteiger partial charge in [0.1, 0.15) is 5.82 Å². The Kier molecular flexibility index (Phi) is 4.83. The summed E-state index contributed by atoms with van der Waals surface area (Å²) in [5.41, 5.74) is 1.93. The summed E-state index contributed by atoms with van der Waals surface area (Å²) in [6.07, 6.45) is 0.755. The zero-order valence-electron chi connectivity index (χ0n) is 10.5. The highest BCUT2D eigenvalue weighted by Gasteiger charge is 2.06. The van der Waals surface area contributed by atoms with Crippen LogP contribution in [-0.4, -0.2) is 6.04 Å². The number of hydrogen-bond acceptors (Lipinski definition) is 1. The van der Waals surface area contributed by atoms with Crippen molar-refractivity contribution < 1.29 is 4.39 Å². The summed E-state index contributed by atoms with van der Waals surface area (Å²) in [4.78, 5) is 0. The standard InChI is InChI=1S/C15H14BrClFN/c1-10(7-11-3-2-4-12(18)8-11)19-13-5-6-14(16)15(17)9-13/h2-6,8-10,19H,7H2,1H3. The van der Waals surface area contributed by atoms with Crippen molar-refractivity contribution in [3.63, 3.8) is 0 Å². The van der Waals surface area contributed by atoms with Crippen LogP contribution in [0.1, 0.15) is 12.5 Å². The van der Waals surface area contributed by atoms with Gasteiger partial charge in [0.05, 0.1) is 5.02 Å². The quantitative estimate of drug-likeness (QED) is 0.796. The fourth-order valence-electron chi connectivity index (χ4n) is 1.94. The molecule has 0 aliphatic carbocycles. The van der Waals surface area contributed by atoms with Gasteiger partial charge in [-0.05, 0) is 65.2 Å². The molecule has 1 nitrogen and oxygen atoms in total. The predicted octanol–water partition coefficient (Wildman–Crippen LogP) is 5.28. The molecule has 0 heterocycles. The molecular weight excluding hydrogens is 329 g/mol. The summed E-state index contributed by atoms with van der Waals surface area (Å²) in [6.45, 7) is 2.06. The van der Waals surface area contributed by atoms with E-state index in [0.717, 1.165) is 22.1 Å². The second kappa shape index (κ2) is 6.40. The Morgan fingerprint density at radius 3 is 2.74 bits per heavy atom. The molecule has 1 N–H and O–H groups in total. The molecule has 0 bridgehead atoms. The lowest BCUT2D eigenvalue weighted by Gasteiger charge is -2.16. The van der Waals surface area contributed by atoms with E-state index in [2.05, 4.69) is 28.2 Å². The molecule has 4 heteroatoms. The Bertz CT molecular complexity index is 574. The number of rotatable bonds is 4. The van der Waals surface area contributed by atoms with E-state index in [1.807, 2.05) is 24.3 Å². The second-order valence-corrected chi connectivity index (χ2v) is 5.77. The molecule has 0 radical (unpaired) electrons. The van der Waals surface area contributed by atoms with E-state index in [9.17, 15) is 4.39 Å². The van der Waals surface area contributed by atoms with Gasteiger partial charge in [0, 0.05) is 16.2 Å². The summed E-state index contributed by atoms with van der Waals surface area (Å²) in [5.74, 6) is -0.198. The van der Waals surface area contributed by atoms with Crippen molar-refractivity contribution in [1.82, 2.24) is 0 Å². The van der Waals surface area contributed by atoms with Crippen LogP contribution in [0, 0.1) is 5.82 Å². The maximum atomic E-state index is 13.1. The van der Waals surface area contributed by atoms with E-state index in [4.69, 9.17) is 11.6 Å². The van der Waals surface area contributed by atoms with E-state index in [1.165, 1.54) is 6.07 Å². The molecule has 0 aromatic heterocycles. The molecule has 2 rings (SSSR count). The van der Waals surface area contributed by atoms with Crippen LogP contribution in [0.5, 0.6) is 0 Å². The number of nitrogens with one attached hydrogen (secondary N) is 1.